The molecule has 3 rings (SSSR count). The third-order valence-corrected chi connectivity index (χ3v) is 6.60. The minimum absolute atomic E-state index is 0.0205. The molecule has 2 saturated heterocycles. The van der Waals surface area contributed by atoms with Crippen molar-refractivity contribution in [3.8, 4) is 0 Å². The number of guanidine groups is 1. The molecule has 1 saturated carbocycles. The number of likely N-dealkylation sites (tertiary alicyclic amines) is 1. The van der Waals surface area contributed by atoms with Crippen LogP contribution in [-0.4, -0.2) is 86.7 Å². The molecule has 0 radical (unpaired) electrons. The van der Waals surface area contributed by atoms with E-state index >= 15 is 0 Å². The number of piperidine rings is 1. The number of nitrogens with one attached hydrogen (secondary N) is 2. The SMILES string of the molecule is CN(C)C(=O)CN=C(NCC1CCCCO1)NC1CCN(C2CCCCC2)CC1. The fourth-order valence-electron chi connectivity index (χ4n) is 4.67. The number of hydrogen-bond donors (Lipinski definition) is 2. The van der Waals surface area contributed by atoms with Gasteiger partial charge in [-0.1, -0.05) is 19.3 Å². The summed E-state index contributed by atoms with van der Waals surface area (Å²) in [5, 5.41) is 7.03. The van der Waals surface area contributed by atoms with Gasteiger partial charge in [-0.05, 0) is 44.9 Å². The van der Waals surface area contributed by atoms with Gasteiger partial charge in [0.05, 0.1) is 6.10 Å². The Labute approximate surface area is 176 Å². The van der Waals surface area contributed by atoms with E-state index in [1.807, 2.05) is 0 Å². The van der Waals surface area contributed by atoms with Gasteiger partial charge < -0.3 is 25.2 Å². The molecule has 0 spiro atoms. The van der Waals surface area contributed by atoms with Gasteiger partial charge in [0.25, 0.3) is 0 Å². The fourth-order valence-corrected chi connectivity index (χ4v) is 4.67. The zero-order chi connectivity index (χ0) is 20.5. The van der Waals surface area contributed by atoms with Crippen molar-refractivity contribution in [3.05, 3.63) is 0 Å². The molecule has 2 N–H and O–H groups in total. The Morgan fingerprint density at radius 2 is 1.76 bits per heavy atom. The highest BCUT2D eigenvalue weighted by Gasteiger charge is 2.26. The third kappa shape index (κ3) is 7.45. The Hall–Kier alpha value is -1.34. The van der Waals surface area contributed by atoms with Crippen molar-refractivity contribution in [1.82, 2.24) is 20.4 Å². The summed E-state index contributed by atoms with van der Waals surface area (Å²) in [6.07, 6.45) is 13.0. The first-order valence-electron chi connectivity index (χ1n) is 11.7. The minimum Gasteiger partial charge on any atom is -0.376 e. The zero-order valence-electron chi connectivity index (χ0n) is 18.5. The maximum Gasteiger partial charge on any atom is 0.243 e. The van der Waals surface area contributed by atoms with Crippen LogP contribution in [0.25, 0.3) is 0 Å². The highest BCUT2D eigenvalue weighted by atomic mass is 16.5. The number of hydrogen-bond acceptors (Lipinski definition) is 4. The van der Waals surface area contributed by atoms with Gasteiger partial charge in [0.15, 0.2) is 5.96 Å². The number of rotatable bonds is 6. The Kier molecular flexibility index (Phi) is 9.05. The molecule has 166 valence electrons. The Morgan fingerprint density at radius 1 is 1.03 bits per heavy atom. The first kappa shape index (κ1) is 22.3. The van der Waals surface area contributed by atoms with E-state index in [1.165, 1.54) is 38.5 Å². The average Bonchev–Trinajstić information content (AvgIpc) is 2.77. The van der Waals surface area contributed by atoms with Gasteiger partial charge in [0.2, 0.25) is 5.91 Å². The molecule has 0 aromatic rings. The van der Waals surface area contributed by atoms with Crippen molar-refractivity contribution in [2.24, 2.45) is 4.99 Å². The minimum atomic E-state index is 0.0205. The van der Waals surface area contributed by atoms with Crippen LogP contribution < -0.4 is 10.6 Å². The molecule has 2 aliphatic heterocycles. The highest BCUT2D eigenvalue weighted by molar-refractivity contribution is 5.84. The van der Waals surface area contributed by atoms with Gasteiger partial charge in [-0.15, -0.1) is 0 Å². The van der Waals surface area contributed by atoms with Crippen molar-refractivity contribution in [1.29, 1.82) is 0 Å². The van der Waals surface area contributed by atoms with E-state index in [9.17, 15) is 4.79 Å². The van der Waals surface area contributed by atoms with E-state index < -0.39 is 0 Å². The molecule has 1 unspecified atom stereocenters. The van der Waals surface area contributed by atoms with Gasteiger partial charge >= 0.3 is 0 Å². The third-order valence-electron chi connectivity index (χ3n) is 6.60. The molecular weight excluding hydrogens is 366 g/mol. The monoisotopic (exact) mass is 407 g/mol. The van der Waals surface area contributed by atoms with E-state index in [2.05, 4.69) is 20.5 Å². The van der Waals surface area contributed by atoms with Crippen LogP contribution in [0.2, 0.25) is 0 Å². The van der Waals surface area contributed by atoms with Gasteiger partial charge in [0, 0.05) is 52.4 Å². The lowest BCUT2D eigenvalue weighted by molar-refractivity contribution is -0.127. The van der Waals surface area contributed by atoms with Crippen molar-refractivity contribution in [2.45, 2.75) is 82.4 Å². The zero-order valence-corrected chi connectivity index (χ0v) is 18.5. The van der Waals surface area contributed by atoms with Crippen LogP contribution in [0.5, 0.6) is 0 Å². The van der Waals surface area contributed by atoms with Crippen LogP contribution in [0.15, 0.2) is 4.99 Å². The number of nitrogens with zero attached hydrogens (tertiary/aromatic N) is 3. The van der Waals surface area contributed by atoms with Crippen LogP contribution in [0.4, 0.5) is 0 Å². The summed E-state index contributed by atoms with van der Waals surface area (Å²) < 4.78 is 5.84. The van der Waals surface area contributed by atoms with Crippen LogP contribution >= 0.6 is 0 Å². The Bertz CT molecular complexity index is 519. The second-order valence-corrected chi connectivity index (χ2v) is 9.07. The first-order valence-corrected chi connectivity index (χ1v) is 11.7. The average molecular weight is 408 g/mol. The van der Waals surface area contributed by atoms with Crippen molar-refractivity contribution < 1.29 is 9.53 Å². The van der Waals surface area contributed by atoms with Gasteiger partial charge in [-0.3, -0.25) is 4.79 Å². The molecule has 1 amide bonds. The molecule has 3 fully saturated rings. The van der Waals surface area contributed by atoms with Crippen molar-refractivity contribution >= 4 is 11.9 Å². The van der Waals surface area contributed by atoms with Gasteiger partial charge in [-0.2, -0.15) is 0 Å². The van der Waals surface area contributed by atoms with E-state index in [0.717, 1.165) is 63.9 Å². The van der Waals surface area contributed by atoms with Gasteiger partial charge in [-0.25, -0.2) is 4.99 Å². The number of amides is 1. The lowest BCUT2D eigenvalue weighted by atomic mass is 9.92. The lowest BCUT2D eigenvalue weighted by Crippen LogP contribution is -2.52. The number of likely N-dealkylation sites (N-methyl/N-ethyl adjacent to an activating group) is 1. The fraction of sp³-hybridized carbons (Fsp3) is 0.909. The largest absolute Gasteiger partial charge is 0.376 e. The number of ether oxygens (including phenoxy) is 1. The maximum absolute atomic E-state index is 12.0. The lowest BCUT2D eigenvalue weighted by Gasteiger charge is -2.39. The van der Waals surface area contributed by atoms with Crippen LogP contribution in [-0.2, 0) is 9.53 Å². The molecule has 1 atom stereocenters. The molecule has 2 heterocycles. The topological polar surface area (TPSA) is 69.2 Å². The quantitative estimate of drug-likeness (QED) is 0.520. The Morgan fingerprint density at radius 3 is 2.41 bits per heavy atom. The van der Waals surface area contributed by atoms with Crippen molar-refractivity contribution in [3.63, 3.8) is 0 Å². The van der Waals surface area contributed by atoms with E-state index in [-0.39, 0.29) is 18.6 Å². The Balaban J connectivity index is 1.48. The van der Waals surface area contributed by atoms with Crippen LogP contribution in [0.3, 0.4) is 0 Å². The molecule has 1 aliphatic carbocycles. The standard InChI is InChI=1S/C22H41N5O2/c1-26(2)21(28)17-24-22(23-16-20-10-6-7-15-29-20)25-18-11-13-27(14-12-18)19-8-4-3-5-9-19/h18-20H,3-17H2,1-2H3,(H2,23,24,25). The number of aliphatic imine (C=N–C) groups is 1. The smallest absolute Gasteiger partial charge is 0.243 e. The second-order valence-electron chi connectivity index (χ2n) is 9.07. The van der Waals surface area contributed by atoms with Crippen molar-refractivity contribution in [2.75, 3.05) is 46.9 Å². The molecule has 3 aliphatic rings. The maximum atomic E-state index is 12.0. The molecule has 7 heteroatoms. The van der Waals surface area contributed by atoms with Gasteiger partial charge in [0.1, 0.15) is 6.54 Å². The number of carbonyl (C=O) groups is 1. The molecule has 7 nitrogen and oxygen atoms in total. The second kappa shape index (κ2) is 11.7. The summed E-state index contributed by atoms with van der Waals surface area (Å²) in [6.45, 7) is 4.11. The molecule has 0 aromatic carbocycles. The molecule has 0 bridgehead atoms. The van der Waals surface area contributed by atoms with E-state index in [4.69, 9.17) is 4.74 Å². The summed E-state index contributed by atoms with van der Waals surface area (Å²) in [5.41, 5.74) is 0. The summed E-state index contributed by atoms with van der Waals surface area (Å²) >= 11 is 0. The highest BCUT2D eigenvalue weighted by Crippen LogP contribution is 2.25. The number of carbonyl (C=O) groups excluding carboxylic acids is 1. The van der Waals surface area contributed by atoms with Crippen LogP contribution in [0.1, 0.15) is 64.2 Å². The predicted octanol–water partition coefficient (Wildman–Crippen LogP) is 1.98. The van der Waals surface area contributed by atoms with E-state index in [0.29, 0.717) is 6.04 Å². The van der Waals surface area contributed by atoms with E-state index in [1.54, 1.807) is 19.0 Å². The first-order chi connectivity index (χ1) is 14.1. The molecular formula is C22H41N5O2. The summed E-state index contributed by atoms with van der Waals surface area (Å²) in [6, 6.07) is 1.22. The summed E-state index contributed by atoms with van der Waals surface area (Å²) in [7, 11) is 3.55. The molecule has 29 heavy (non-hydrogen) atoms. The summed E-state index contributed by atoms with van der Waals surface area (Å²) in [5.74, 6) is 0.776. The molecule has 0 aromatic heterocycles. The van der Waals surface area contributed by atoms with Crippen LogP contribution in [0, 0.1) is 0 Å². The predicted molar refractivity (Wildman–Crippen MR) is 117 cm³/mol. The normalized spacial score (nSPS) is 25.6. The summed E-state index contributed by atoms with van der Waals surface area (Å²) in [4.78, 5) is 20.9.